The molecule has 1 aromatic carbocycles. The maximum Gasteiger partial charge on any atom is 0.328 e. The van der Waals surface area contributed by atoms with Crippen LogP contribution in [0.5, 0.6) is 0 Å². The van der Waals surface area contributed by atoms with Crippen molar-refractivity contribution in [1.29, 1.82) is 0 Å². The molecule has 4 nitrogen and oxygen atoms in total. The van der Waals surface area contributed by atoms with Crippen LogP contribution in [0.1, 0.15) is 22.5 Å². The first-order chi connectivity index (χ1) is 9.47. The first kappa shape index (κ1) is 13.9. The van der Waals surface area contributed by atoms with Gasteiger partial charge in [-0.1, -0.05) is 6.07 Å². The van der Waals surface area contributed by atoms with E-state index in [9.17, 15) is 4.79 Å². The number of nitrogens with zero attached hydrogens (tertiary/aromatic N) is 2. The molecule has 0 fully saturated rings. The summed E-state index contributed by atoms with van der Waals surface area (Å²) in [6.07, 6.45) is 4.06. The highest BCUT2D eigenvalue weighted by atomic mass is 16.4. The summed E-state index contributed by atoms with van der Waals surface area (Å²) in [4.78, 5) is 19.0. The predicted molar refractivity (Wildman–Crippen MR) is 78.3 cm³/mol. The van der Waals surface area contributed by atoms with Crippen molar-refractivity contribution in [2.75, 3.05) is 0 Å². The molecule has 0 aliphatic carbocycles. The standard InChI is InChI=1S/C16H16N2O2/c1-10-8-12(3)13(9-11(10)2)14-6-7-17-15(18-14)4-5-16(19)20/h4-9H,1-3H3,(H,19,20)/b5-4+. The fourth-order valence-electron chi connectivity index (χ4n) is 1.99. The number of aromatic nitrogens is 2. The van der Waals surface area contributed by atoms with Gasteiger partial charge in [0.2, 0.25) is 0 Å². The molecule has 0 spiro atoms. The van der Waals surface area contributed by atoms with Gasteiger partial charge in [-0.2, -0.15) is 0 Å². The molecule has 1 N–H and O–H groups in total. The van der Waals surface area contributed by atoms with Crippen LogP contribution in [0.3, 0.4) is 0 Å². The largest absolute Gasteiger partial charge is 0.478 e. The number of aliphatic carboxylic acids is 1. The number of hydrogen-bond acceptors (Lipinski definition) is 3. The average Bonchev–Trinajstić information content (AvgIpc) is 2.41. The molecular formula is C16H16N2O2. The minimum absolute atomic E-state index is 0.391. The molecule has 0 unspecified atom stereocenters. The van der Waals surface area contributed by atoms with Gasteiger partial charge in [-0.25, -0.2) is 14.8 Å². The summed E-state index contributed by atoms with van der Waals surface area (Å²) in [5, 5.41) is 8.63. The van der Waals surface area contributed by atoms with Crippen LogP contribution < -0.4 is 0 Å². The van der Waals surface area contributed by atoms with Crippen molar-refractivity contribution in [3.8, 4) is 11.3 Å². The first-order valence-corrected chi connectivity index (χ1v) is 6.29. The number of carboxylic acids is 1. The SMILES string of the molecule is Cc1cc(C)c(-c2ccnc(/C=C/C(=O)O)n2)cc1C. The Morgan fingerprint density at radius 3 is 2.55 bits per heavy atom. The minimum atomic E-state index is -1.01. The van der Waals surface area contributed by atoms with Crippen LogP contribution in [0.2, 0.25) is 0 Å². The summed E-state index contributed by atoms with van der Waals surface area (Å²) >= 11 is 0. The topological polar surface area (TPSA) is 63.1 Å². The molecule has 20 heavy (non-hydrogen) atoms. The molecule has 0 saturated heterocycles. The molecule has 1 aromatic heterocycles. The highest BCUT2D eigenvalue weighted by Crippen LogP contribution is 2.24. The molecule has 0 amide bonds. The second kappa shape index (κ2) is 5.65. The zero-order chi connectivity index (χ0) is 14.7. The Bertz CT molecular complexity index is 691. The fraction of sp³-hybridized carbons (Fsp3) is 0.188. The molecule has 4 heteroatoms. The van der Waals surface area contributed by atoms with Crippen molar-refractivity contribution in [2.45, 2.75) is 20.8 Å². The Morgan fingerprint density at radius 1 is 1.15 bits per heavy atom. The van der Waals surface area contributed by atoms with E-state index in [4.69, 9.17) is 5.11 Å². The van der Waals surface area contributed by atoms with Crippen LogP contribution in [0.15, 0.2) is 30.5 Å². The lowest BCUT2D eigenvalue weighted by Crippen LogP contribution is -1.95. The molecular weight excluding hydrogens is 252 g/mol. The van der Waals surface area contributed by atoms with E-state index >= 15 is 0 Å². The molecule has 0 saturated carbocycles. The van der Waals surface area contributed by atoms with Crippen molar-refractivity contribution < 1.29 is 9.90 Å². The monoisotopic (exact) mass is 268 g/mol. The summed E-state index contributed by atoms with van der Waals surface area (Å²) in [6.45, 7) is 6.18. The van der Waals surface area contributed by atoms with Gasteiger partial charge < -0.3 is 5.11 Å². The quantitative estimate of drug-likeness (QED) is 0.868. The Hall–Kier alpha value is -2.49. The number of rotatable bonds is 3. The lowest BCUT2D eigenvalue weighted by Gasteiger charge is -2.09. The van der Waals surface area contributed by atoms with Crippen molar-refractivity contribution in [3.05, 3.63) is 53.0 Å². The van der Waals surface area contributed by atoms with E-state index < -0.39 is 5.97 Å². The Kier molecular flexibility index (Phi) is 3.94. The summed E-state index contributed by atoms with van der Waals surface area (Å²) < 4.78 is 0. The van der Waals surface area contributed by atoms with Crippen LogP contribution in [-0.4, -0.2) is 21.0 Å². The highest BCUT2D eigenvalue weighted by molar-refractivity contribution is 5.84. The molecule has 0 aliphatic heterocycles. The van der Waals surface area contributed by atoms with E-state index in [0.717, 1.165) is 22.9 Å². The Labute approximate surface area is 117 Å². The second-order valence-electron chi connectivity index (χ2n) is 4.72. The molecule has 2 aromatic rings. The van der Waals surface area contributed by atoms with Gasteiger partial charge >= 0.3 is 5.97 Å². The lowest BCUT2D eigenvalue weighted by atomic mass is 9.99. The number of hydrogen-bond donors (Lipinski definition) is 1. The van der Waals surface area contributed by atoms with Crippen LogP contribution in [0.25, 0.3) is 17.3 Å². The third kappa shape index (κ3) is 3.09. The van der Waals surface area contributed by atoms with Gasteiger partial charge in [0.1, 0.15) is 0 Å². The lowest BCUT2D eigenvalue weighted by molar-refractivity contribution is -0.131. The summed E-state index contributed by atoms with van der Waals surface area (Å²) in [6, 6.07) is 6.05. The van der Waals surface area contributed by atoms with Crippen LogP contribution in [0.4, 0.5) is 0 Å². The molecule has 0 radical (unpaired) electrons. The average molecular weight is 268 g/mol. The molecule has 1 heterocycles. The van der Waals surface area contributed by atoms with Gasteiger partial charge in [0, 0.05) is 17.8 Å². The number of benzene rings is 1. The van der Waals surface area contributed by atoms with Crippen LogP contribution >= 0.6 is 0 Å². The predicted octanol–water partition coefficient (Wildman–Crippen LogP) is 3.17. The van der Waals surface area contributed by atoms with E-state index in [1.807, 2.05) is 13.0 Å². The summed E-state index contributed by atoms with van der Waals surface area (Å²) in [7, 11) is 0. The first-order valence-electron chi connectivity index (χ1n) is 6.29. The second-order valence-corrected chi connectivity index (χ2v) is 4.72. The number of aryl methyl sites for hydroxylation is 3. The Morgan fingerprint density at radius 2 is 1.85 bits per heavy atom. The van der Waals surface area contributed by atoms with Gasteiger partial charge in [-0.15, -0.1) is 0 Å². The molecule has 0 bridgehead atoms. The van der Waals surface area contributed by atoms with Crippen molar-refractivity contribution in [1.82, 2.24) is 9.97 Å². The van der Waals surface area contributed by atoms with Gasteiger partial charge in [-0.05, 0) is 55.7 Å². The normalized spacial score (nSPS) is 10.9. The van der Waals surface area contributed by atoms with Gasteiger partial charge in [-0.3, -0.25) is 0 Å². The van der Waals surface area contributed by atoms with Gasteiger partial charge in [0.15, 0.2) is 5.82 Å². The molecule has 2 rings (SSSR count). The minimum Gasteiger partial charge on any atom is -0.478 e. The van der Waals surface area contributed by atoms with Gasteiger partial charge in [0.25, 0.3) is 0 Å². The fourth-order valence-corrected chi connectivity index (χ4v) is 1.99. The van der Waals surface area contributed by atoms with Crippen LogP contribution in [0, 0.1) is 20.8 Å². The molecule has 0 atom stereocenters. The molecule has 102 valence electrons. The number of carboxylic acid groups (broad SMARTS) is 1. The van der Waals surface area contributed by atoms with E-state index in [1.165, 1.54) is 17.2 Å². The maximum atomic E-state index is 10.5. The zero-order valence-corrected chi connectivity index (χ0v) is 11.7. The Balaban J connectivity index is 2.46. The maximum absolute atomic E-state index is 10.5. The highest BCUT2D eigenvalue weighted by Gasteiger charge is 2.06. The summed E-state index contributed by atoms with van der Waals surface area (Å²) in [5.74, 6) is -0.621. The van der Waals surface area contributed by atoms with Crippen molar-refractivity contribution in [3.63, 3.8) is 0 Å². The van der Waals surface area contributed by atoms with Crippen molar-refractivity contribution in [2.24, 2.45) is 0 Å². The van der Waals surface area contributed by atoms with Crippen LogP contribution in [-0.2, 0) is 4.79 Å². The zero-order valence-electron chi connectivity index (χ0n) is 11.7. The summed E-state index contributed by atoms with van der Waals surface area (Å²) in [5.41, 5.74) is 5.42. The number of carbonyl (C=O) groups is 1. The van der Waals surface area contributed by atoms with E-state index in [2.05, 4.69) is 35.9 Å². The van der Waals surface area contributed by atoms with Gasteiger partial charge in [0.05, 0.1) is 5.69 Å². The van der Waals surface area contributed by atoms with E-state index in [-0.39, 0.29) is 0 Å². The van der Waals surface area contributed by atoms with E-state index in [0.29, 0.717) is 5.82 Å². The molecule has 0 aliphatic rings. The third-order valence-electron chi connectivity index (χ3n) is 3.17. The smallest absolute Gasteiger partial charge is 0.328 e. The third-order valence-corrected chi connectivity index (χ3v) is 3.17. The van der Waals surface area contributed by atoms with Crippen molar-refractivity contribution >= 4 is 12.0 Å². The van der Waals surface area contributed by atoms with E-state index in [1.54, 1.807) is 6.20 Å².